The summed E-state index contributed by atoms with van der Waals surface area (Å²) in [7, 11) is 0. The fourth-order valence-electron chi connectivity index (χ4n) is 3.15. The Hall–Kier alpha value is -0.610. The third-order valence-corrected chi connectivity index (χ3v) is 4.42. The number of carbonyl (C=O) groups excluding carboxylic acids is 1. The smallest absolute Gasteiger partial charge is 0.248 e. The molecule has 1 saturated heterocycles. The normalized spacial score (nSPS) is 23.9. The largest absolute Gasteiger partial charge is 0.370 e. The number of likely N-dealkylation sites (tertiary alicyclic amines) is 1. The van der Waals surface area contributed by atoms with Crippen LogP contribution >= 0.6 is 0 Å². The Morgan fingerprint density at radius 3 is 2.21 bits per heavy atom. The van der Waals surface area contributed by atoms with Crippen molar-refractivity contribution in [1.82, 2.24) is 4.90 Å². The Morgan fingerprint density at radius 1 is 1.00 bits per heavy atom. The molecule has 0 aromatic heterocycles. The summed E-state index contributed by atoms with van der Waals surface area (Å²) in [6.45, 7) is 2.54. The molecule has 0 bridgehead atoms. The quantitative estimate of drug-likeness (QED) is 0.849. The minimum absolute atomic E-state index is 0.140. The predicted octanol–water partition coefficient (Wildman–Crippen LogP) is 2.07. The molecule has 2 aliphatic rings. The molecule has 19 heavy (non-hydrogen) atoms. The van der Waals surface area contributed by atoms with Gasteiger partial charge in [-0.05, 0) is 25.7 Å². The summed E-state index contributed by atoms with van der Waals surface area (Å²) in [5.41, 5.74) is 6.12. The third kappa shape index (κ3) is 4.77. The van der Waals surface area contributed by atoms with Crippen molar-refractivity contribution < 1.29 is 9.53 Å². The number of rotatable bonds is 4. The van der Waals surface area contributed by atoms with Crippen molar-refractivity contribution in [3.63, 3.8) is 0 Å². The number of ether oxygens (including phenoxy) is 1. The van der Waals surface area contributed by atoms with Crippen LogP contribution in [0, 0.1) is 0 Å². The van der Waals surface area contributed by atoms with Gasteiger partial charge in [-0.2, -0.15) is 0 Å². The fraction of sp³-hybridized carbons (Fsp3) is 0.933. The van der Waals surface area contributed by atoms with Gasteiger partial charge in [-0.3, -0.25) is 4.79 Å². The summed E-state index contributed by atoms with van der Waals surface area (Å²) in [6, 6.07) is 0. The van der Waals surface area contributed by atoms with Gasteiger partial charge in [0.25, 0.3) is 0 Å². The summed E-state index contributed by atoms with van der Waals surface area (Å²) in [5.74, 6) is 0.140. The zero-order chi connectivity index (χ0) is 13.6. The minimum atomic E-state index is -0.183. The Bertz CT molecular complexity index is 280. The summed E-state index contributed by atoms with van der Waals surface area (Å²) >= 11 is 0. The minimum Gasteiger partial charge on any atom is -0.370 e. The van der Waals surface area contributed by atoms with E-state index in [1.54, 1.807) is 0 Å². The average molecular weight is 268 g/mol. The molecule has 0 aromatic rings. The number of carbonyl (C=O) groups is 1. The molecule has 4 heteroatoms. The van der Waals surface area contributed by atoms with Crippen molar-refractivity contribution in [2.45, 2.75) is 63.3 Å². The lowest BCUT2D eigenvalue weighted by Crippen LogP contribution is -2.47. The molecular formula is C15H28N2O2. The van der Waals surface area contributed by atoms with Crippen molar-refractivity contribution in [1.29, 1.82) is 0 Å². The molecule has 0 unspecified atom stereocenters. The Morgan fingerprint density at radius 2 is 1.58 bits per heavy atom. The lowest BCUT2D eigenvalue weighted by Gasteiger charge is -2.33. The molecule has 1 aliphatic carbocycles. The van der Waals surface area contributed by atoms with Crippen LogP contribution in [-0.4, -0.2) is 42.6 Å². The fourth-order valence-corrected chi connectivity index (χ4v) is 3.15. The van der Waals surface area contributed by atoms with E-state index in [4.69, 9.17) is 10.5 Å². The van der Waals surface area contributed by atoms with Gasteiger partial charge in [-0.25, -0.2) is 0 Å². The summed E-state index contributed by atoms with van der Waals surface area (Å²) in [4.78, 5) is 14.0. The van der Waals surface area contributed by atoms with Gasteiger partial charge < -0.3 is 15.4 Å². The molecule has 0 radical (unpaired) electrons. The lowest BCUT2D eigenvalue weighted by atomic mass is 9.83. The van der Waals surface area contributed by atoms with Crippen LogP contribution in [0.4, 0.5) is 0 Å². The van der Waals surface area contributed by atoms with Crippen LogP contribution in [-0.2, 0) is 9.53 Å². The van der Waals surface area contributed by atoms with Crippen molar-refractivity contribution in [3.8, 4) is 0 Å². The first-order chi connectivity index (χ1) is 9.20. The van der Waals surface area contributed by atoms with Crippen molar-refractivity contribution in [2.24, 2.45) is 5.73 Å². The molecule has 1 saturated carbocycles. The van der Waals surface area contributed by atoms with E-state index in [1.807, 2.05) is 4.90 Å². The van der Waals surface area contributed by atoms with Gasteiger partial charge in [0.1, 0.15) is 6.61 Å². The zero-order valence-electron chi connectivity index (χ0n) is 12.0. The Balaban J connectivity index is 1.67. The highest BCUT2D eigenvalue weighted by Gasteiger charge is 2.28. The molecule has 4 nitrogen and oxygen atoms in total. The first kappa shape index (κ1) is 14.8. The van der Waals surface area contributed by atoms with Crippen LogP contribution in [0.3, 0.4) is 0 Å². The molecule has 1 amide bonds. The molecule has 0 spiro atoms. The van der Waals surface area contributed by atoms with E-state index in [0.717, 1.165) is 38.8 Å². The topological polar surface area (TPSA) is 55.6 Å². The molecule has 0 atom stereocenters. The van der Waals surface area contributed by atoms with Crippen LogP contribution in [0.1, 0.15) is 57.8 Å². The first-order valence-electron chi connectivity index (χ1n) is 7.84. The van der Waals surface area contributed by atoms with Crippen LogP contribution in [0.5, 0.6) is 0 Å². The van der Waals surface area contributed by atoms with Crippen LogP contribution < -0.4 is 5.73 Å². The Labute approximate surface area is 116 Å². The van der Waals surface area contributed by atoms with E-state index < -0.39 is 0 Å². The molecule has 1 aliphatic heterocycles. The first-order valence-corrected chi connectivity index (χ1v) is 7.84. The van der Waals surface area contributed by atoms with Crippen LogP contribution in [0.25, 0.3) is 0 Å². The average Bonchev–Trinajstić information content (AvgIpc) is 2.68. The molecule has 1 heterocycles. The Kier molecular flexibility index (Phi) is 5.64. The summed E-state index contributed by atoms with van der Waals surface area (Å²) in [6.07, 6.45) is 10.5. The highest BCUT2D eigenvalue weighted by molar-refractivity contribution is 5.77. The van der Waals surface area contributed by atoms with E-state index in [9.17, 15) is 4.79 Å². The number of nitrogens with two attached hydrogens (primary N) is 1. The second kappa shape index (κ2) is 7.25. The monoisotopic (exact) mass is 268 g/mol. The highest BCUT2D eigenvalue weighted by Crippen LogP contribution is 2.26. The number of hydrogen-bond acceptors (Lipinski definition) is 3. The summed E-state index contributed by atoms with van der Waals surface area (Å²) < 4.78 is 5.62. The highest BCUT2D eigenvalue weighted by atomic mass is 16.5. The molecule has 0 aromatic carbocycles. The lowest BCUT2D eigenvalue weighted by molar-refractivity contribution is -0.136. The maximum Gasteiger partial charge on any atom is 0.248 e. The molecule has 110 valence electrons. The maximum absolute atomic E-state index is 12.1. The van der Waals surface area contributed by atoms with Gasteiger partial charge in [0.2, 0.25) is 5.91 Å². The number of amides is 1. The predicted molar refractivity (Wildman–Crippen MR) is 75.9 cm³/mol. The molecule has 2 fully saturated rings. The van der Waals surface area contributed by atoms with Crippen LogP contribution in [0.15, 0.2) is 0 Å². The van der Waals surface area contributed by atoms with Gasteiger partial charge in [0.05, 0.1) is 6.61 Å². The second-order valence-corrected chi connectivity index (χ2v) is 6.21. The zero-order valence-corrected chi connectivity index (χ0v) is 12.0. The maximum atomic E-state index is 12.1. The summed E-state index contributed by atoms with van der Waals surface area (Å²) in [5, 5.41) is 0. The van der Waals surface area contributed by atoms with Gasteiger partial charge >= 0.3 is 0 Å². The van der Waals surface area contributed by atoms with Gasteiger partial charge in [-0.1, -0.05) is 32.1 Å². The van der Waals surface area contributed by atoms with Gasteiger partial charge in [0, 0.05) is 18.6 Å². The molecule has 2 N–H and O–H groups in total. The molecule has 2 rings (SSSR count). The van der Waals surface area contributed by atoms with Crippen LogP contribution in [0.2, 0.25) is 0 Å². The van der Waals surface area contributed by atoms with E-state index in [2.05, 4.69) is 0 Å². The van der Waals surface area contributed by atoms with E-state index >= 15 is 0 Å². The van der Waals surface area contributed by atoms with Crippen molar-refractivity contribution in [3.05, 3.63) is 0 Å². The van der Waals surface area contributed by atoms with Crippen molar-refractivity contribution >= 4 is 5.91 Å². The number of hydrogen-bond donors (Lipinski definition) is 1. The van der Waals surface area contributed by atoms with E-state index in [1.165, 1.54) is 32.1 Å². The van der Waals surface area contributed by atoms with E-state index in [-0.39, 0.29) is 18.1 Å². The van der Waals surface area contributed by atoms with Crippen molar-refractivity contribution in [2.75, 3.05) is 26.3 Å². The number of nitrogens with zero attached hydrogens (tertiary/aromatic N) is 1. The van der Waals surface area contributed by atoms with Gasteiger partial charge in [-0.15, -0.1) is 0 Å². The SMILES string of the molecule is NC1(COCC(=O)N2CCCCCC2)CCCCC1. The van der Waals surface area contributed by atoms with Gasteiger partial charge in [0.15, 0.2) is 0 Å². The second-order valence-electron chi connectivity index (χ2n) is 6.21. The van der Waals surface area contributed by atoms with E-state index in [0.29, 0.717) is 6.61 Å². The standard InChI is InChI=1S/C15H28N2O2/c16-15(8-4-3-5-9-15)13-19-12-14(18)17-10-6-1-2-7-11-17/h1-13,16H2. The third-order valence-electron chi connectivity index (χ3n) is 4.42. The molecular weight excluding hydrogens is 240 g/mol.